The summed E-state index contributed by atoms with van der Waals surface area (Å²) in [4.78, 5) is 20.9. The second-order valence-corrected chi connectivity index (χ2v) is 5.53. The average molecular weight is 465 g/mol. The van der Waals surface area contributed by atoms with Gasteiger partial charge in [0, 0.05) is 50.0 Å². The van der Waals surface area contributed by atoms with Crippen LogP contribution in [0.25, 0.3) is 0 Å². The maximum Gasteiger partial charge on any atom is 0.106 e. The van der Waals surface area contributed by atoms with Crippen LogP contribution < -0.4 is 0 Å². The van der Waals surface area contributed by atoms with Crippen LogP contribution >= 0.6 is 0 Å². The van der Waals surface area contributed by atoms with Gasteiger partial charge in [0.15, 0.2) is 0 Å². The fourth-order valence-electron chi connectivity index (χ4n) is 0.802. The molecule has 0 aromatic carbocycles. The summed E-state index contributed by atoms with van der Waals surface area (Å²) in [6.07, 6.45) is 2.21. The first-order valence-electron chi connectivity index (χ1n) is 5.92. The van der Waals surface area contributed by atoms with Gasteiger partial charge >= 0.3 is 0 Å². The van der Waals surface area contributed by atoms with Crippen molar-refractivity contribution in [2.24, 2.45) is 11.3 Å². The zero-order chi connectivity index (χ0) is 14.2. The van der Waals surface area contributed by atoms with Gasteiger partial charge in [0.2, 0.25) is 0 Å². The van der Waals surface area contributed by atoms with Gasteiger partial charge in [-0.2, -0.15) is 5.57 Å². The van der Waals surface area contributed by atoms with Crippen LogP contribution in [-0.4, -0.2) is 12.1 Å². The van der Waals surface area contributed by atoms with Crippen molar-refractivity contribution < 1.29 is 53.7 Å². The molecule has 0 N–H and O–H groups in total. The maximum atomic E-state index is 11.1. The third kappa shape index (κ3) is 11.6. The quantitative estimate of drug-likeness (QED) is 0.468. The largest absolute Gasteiger partial charge is 0.419 e. The van der Waals surface area contributed by atoms with Crippen LogP contribution in [0.15, 0.2) is 11.1 Å². The predicted molar refractivity (Wildman–Crippen MR) is 73.3 cm³/mol. The first-order valence-corrected chi connectivity index (χ1v) is 5.92. The molecule has 0 saturated heterocycles. The Bertz CT molecular complexity index is 281. The van der Waals surface area contributed by atoms with Gasteiger partial charge in [0.05, 0.1) is 0 Å². The van der Waals surface area contributed by atoms with E-state index in [1.54, 1.807) is 13.2 Å². The van der Waals surface area contributed by atoms with E-state index in [1.165, 1.54) is 0 Å². The number of hydrogen-bond donors (Lipinski definition) is 0. The van der Waals surface area contributed by atoms with E-state index >= 15 is 0 Å². The minimum atomic E-state index is 0. The summed E-state index contributed by atoms with van der Waals surface area (Å²) in [5.74, 6) is 0.387. The molecule has 0 saturated carbocycles. The van der Waals surface area contributed by atoms with Crippen molar-refractivity contribution in [1.82, 2.24) is 0 Å². The van der Waals surface area contributed by atoms with Gasteiger partial charge in [-0.1, -0.05) is 34.6 Å². The fraction of sp³-hybridized carbons (Fsp3) is 0.667. The van der Waals surface area contributed by atoms with E-state index in [0.29, 0.717) is 12.0 Å². The molecule has 0 amide bonds. The van der Waals surface area contributed by atoms with E-state index < -0.39 is 0 Å². The van der Waals surface area contributed by atoms with Crippen molar-refractivity contribution >= 4 is 12.1 Å². The molecule has 0 spiro atoms. The molecule has 0 aliphatic rings. The molecule has 0 aromatic rings. The molecule has 1 radical (unpaired) electrons. The topological polar surface area (TPSA) is 34.1 Å². The SMILES string of the molecule is CC(C)=C(C)[C-]=O.[Ac].[CH2-]CC(=O)C(C)C(C)(C)C. The van der Waals surface area contributed by atoms with Crippen molar-refractivity contribution in [3.05, 3.63) is 18.1 Å². The zero-order valence-electron chi connectivity index (χ0n) is 12.9. The van der Waals surface area contributed by atoms with Crippen LogP contribution in [0, 0.1) is 62.3 Å². The second kappa shape index (κ2) is 11.4. The standard InChI is InChI=1S/C9H17O.C6H9O.Ac/c1-6-8(10)7(2)9(3,4)5;1-5(2)6(3)4-7;/h7H,1,6H2,2-5H3;1-3H3;/q2*-1;. The average Bonchev–Trinajstić information content (AvgIpc) is 2.25. The van der Waals surface area contributed by atoms with E-state index in [-0.39, 0.29) is 61.2 Å². The molecule has 18 heavy (non-hydrogen) atoms. The molecule has 0 rings (SSSR count). The monoisotopic (exact) mass is 465 g/mol. The summed E-state index contributed by atoms with van der Waals surface area (Å²) in [5, 5.41) is 0. The van der Waals surface area contributed by atoms with E-state index in [9.17, 15) is 9.59 Å². The number of hydrogen-bond acceptors (Lipinski definition) is 2. The van der Waals surface area contributed by atoms with Gasteiger partial charge in [0.25, 0.3) is 0 Å². The minimum Gasteiger partial charge on any atom is -0.419 e. The Morgan fingerprint density at radius 3 is 1.67 bits per heavy atom. The van der Waals surface area contributed by atoms with Crippen LogP contribution in [0.4, 0.5) is 0 Å². The molecule has 0 fully saturated rings. The van der Waals surface area contributed by atoms with E-state index in [1.807, 2.05) is 20.8 Å². The van der Waals surface area contributed by atoms with Gasteiger partial charge in [-0.05, 0) is 11.7 Å². The molecule has 2 nitrogen and oxygen atoms in total. The maximum absolute atomic E-state index is 11.1. The van der Waals surface area contributed by atoms with Crippen LogP contribution in [0.5, 0.6) is 0 Å². The first kappa shape index (κ1) is 23.6. The molecular formula is C15H26AcO2-2. The second-order valence-electron chi connectivity index (χ2n) is 5.53. The summed E-state index contributed by atoms with van der Waals surface area (Å²) < 4.78 is 0. The number of rotatable bonds is 3. The molecule has 1 atom stereocenters. The van der Waals surface area contributed by atoms with Crippen LogP contribution in [0.1, 0.15) is 54.9 Å². The third-order valence-corrected chi connectivity index (χ3v) is 2.93. The van der Waals surface area contributed by atoms with Gasteiger partial charge in [-0.25, -0.2) is 5.57 Å². The molecular weight excluding hydrogens is 439 g/mol. The van der Waals surface area contributed by atoms with E-state index in [0.717, 1.165) is 5.57 Å². The van der Waals surface area contributed by atoms with Crippen molar-refractivity contribution in [2.75, 3.05) is 0 Å². The van der Waals surface area contributed by atoms with Crippen molar-refractivity contribution in [3.63, 3.8) is 0 Å². The molecule has 0 aliphatic heterocycles. The molecule has 103 valence electrons. The number of allylic oxidation sites excluding steroid dienone is 2. The molecule has 1 unspecified atom stereocenters. The first-order chi connectivity index (χ1) is 7.57. The predicted octanol–water partition coefficient (Wildman–Crippen LogP) is 3.91. The van der Waals surface area contributed by atoms with E-state index in [4.69, 9.17) is 0 Å². The Balaban J connectivity index is -0.000000251. The zero-order valence-corrected chi connectivity index (χ0v) is 17.6. The van der Waals surface area contributed by atoms with E-state index in [2.05, 4.69) is 27.7 Å². The molecule has 0 aliphatic carbocycles. The molecule has 0 aromatic heterocycles. The Labute approximate surface area is 149 Å². The summed E-state index contributed by atoms with van der Waals surface area (Å²) in [6.45, 7) is 17.3. The van der Waals surface area contributed by atoms with Crippen LogP contribution in [-0.2, 0) is 9.59 Å². The van der Waals surface area contributed by atoms with Crippen molar-refractivity contribution in [3.8, 4) is 0 Å². The van der Waals surface area contributed by atoms with Gasteiger partial charge < -0.3 is 16.5 Å². The summed E-state index contributed by atoms with van der Waals surface area (Å²) in [6, 6.07) is 0. The van der Waals surface area contributed by atoms with Crippen molar-refractivity contribution in [1.29, 1.82) is 0 Å². The van der Waals surface area contributed by atoms with Gasteiger partial charge in [-0.3, -0.25) is 0 Å². The summed E-state index contributed by atoms with van der Waals surface area (Å²) in [7, 11) is 0. The summed E-state index contributed by atoms with van der Waals surface area (Å²) in [5.41, 5.74) is 1.84. The van der Waals surface area contributed by atoms with Crippen LogP contribution in [0.3, 0.4) is 0 Å². The molecule has 0 heterocycles. The number of Topliss-reactive ketones (excluding diaryl/α,β-unsaturated/α-hetero) is 1. The fourth-order valence-corrected chi connectivity index (χ4v) is 0.802. The van der Waals surface area contributed by atoms with Gasteiger partial charge in [0.1, 0.15) is 5.78 Å². The number of ketones is 1. The van der Waals surface area contributed by atoms with Gasteiger partial charge in [-0.15, -0.1) is 20.3 Å². The minimum absolute atomic E-state index is 0. The number of carbonyl (C=O) groups is 1. The summed E-state index contributed by atoms with van der Waals surface area (Å²) >= 11 is 0. The Hall–Kier alpha value is 0.522. The third-order valence-electron chi connectivity index (χ3n) is 2.93. The van der Waals surface area contributed by atoms with Crippen molar-refractivity contribution in [2.45, 2.75) is 54.9 Å². The molecule has 0 bridgehead atoms. The Morgan fingerprint density at radius 2 is 1.61 bits per heavy atom. The normalized spacial score (nSPS) is 11.3. The Kier molecular flexibility index (Phi) is 14.9. The Morgan fingerprint density at radius 1 is 1.22 bits per heavy atom. The smallest absolute Gasteiger partial charge is 0.106 e. The molecule has 3 heteroatoms. The van der Waals surface area contributed by atoms with Crippen LogP contribution in [0.2, 0.25) is 0 Å². The number of carbonyl (C=O) groups excluding carboxylic acids is 2.